The minimum atomic E-state index is -3.98. The second-order valence-electron chi connectivity index (χ2n) is 2.18. The highest BCUT2D eigenvalue weighted by Crippen LogP contribution is 2.26. The molecule has 0 bridgehead atoms. The molecule has 1 rings (SSSR count). The van der Waals surface area contributed by atoms with Gasteiger partial charge in [0.15, 0.2) is 5.03 Å². The van der Waals surface area contributed by atoms with E-state index in [0.717, 1.165) is 12.3 Å². The molecule has 1 aromatic heterocycles. The zero-order valence-corrected chi connectivity index (χ0v) is 9.50. The average molecular weight is 302 g/mol. The van der Waals surface area contributed by atoms with Crippen LogP contribution in [0.25, 0.3) is 0 Å². The van der Waals surface area contributed by atoms with Crippen molar-refractivity contribution >= 4 is 41.4 Å². The minimum Gasteiger partial charge on any atom is -0.258 e. The lowest BCUT2D eigenvalue weighted by Gasteiger charge is -1.97. The molecule has 6 nitrogen and oxygen atoms in total. The van der Waals surface area contributed by atoms with E-state index in [1.807, 2.05) is 0 Å². The van der Waals surface area contributed by atoms with Gasteiger partial charge in [-0.05, 0) is 15.9 Å². The van der Waals surface area contributed by atoms with E-state index in [1.165, 1.54) is 0 Å². The van der Waals surface area contributed by atoms with E-state index in [4.69, 9.17) is 10.7 Å². The molecule has 0 fully saturated rings. The van der Waals surface area contributed by atoms with Crippen LogP contribution in [0.5, 0.6) is 0 Å². The van der Waals surface area contributed by atoms with Gasteiger partial charge in [-0.2, -0.15) is 0 Å². The lowest BCUT2D eigenvalue weighted by molar-refractivity contribution is -0.385. The molecular weight excluding hydrogens is 299 g/mol. The van der Waals surface area contributed by atoms with Crippen molar-refractivity contribution in [2.75, 3.05) is 0 Å². The third kappa shape index (κ3) is 2.40. The fourth-order valence-corrected chi connectivity index (χ4v) is 2.79. The average Bonchev–Trinajstić information content (AvgIpc) is 2.01. The van der Waals surface area contributed by atoms with E-state index in [2.05, 4.69) is 20.9 Å². The van der Waals surface area contributed by atoms with Gasteiger partial charge in [0.1, 0.15) is 6.20 Å². The molecule has 0 aliphatic heterocycles. The first-order valence-corrected chi connectivity index (χ1v) is 6.17. The summed E-state index contributed by atoms with van der Waals surface area (Å²) in [5.74, 6) is 0. The van der Waals surface area contributed by atoms with Crippen molar-refractivity contribution in [2.45, 2.75) is 5.03 Å². The Kier molecular flexibility index (Phi) is 3.07. The van der Waals surface area contributed by atoms with Crippen LogP contribution in [0.3, 0.4) is 0 Å². The number of aromatic nitrogens is 1. The Labute approximate surface area is 91.6 Å². The predicted octanol–water partition coefficient (Wildman–Crippen LogP) is 1.68. The fourth-order valence-electron chi connectivity index (χ4n) is 0.695. The van der Waals surface area contributed by atoms with Gasteiger partial charge in [0, 0.05) is 16.7 Å². The maximum Gasteiger partial charge on any atom is 0.288 e. The number of pyridine rings is 1. The summed E-state index contributed by atoms with van der Waals surface area (Å²) in [6.07, 6.45) is 0.819. The SMILES string of the molecule is O=[N+]([O-])c1cnc(S(=O)(=O)Cl)c(Br)c1. The summed E-state index contributed by atoms with van der Waals surface area (Å²) < 4.78 is 21.6. The molecule has 1 heterocycles. The zero-order valence-electron chi connectivity index (χ0n) is 6.35. The molecule has 0 spiro atoms. The molecule has 0 saturated carbocycles. The Morgan fingerprint density at radius 2 is 2.14 bits per heavy atom. The Bertz CT molecular complexity index is 489. The van der Waals surface area contributed by atoms with Crippen LogP contribution in [0.1, 0.15) is 0 Å². The molecule has 0 aromatic carbocycles. The molecule has 0 aliphatic carbocycles. The van der Waals surface area contributed by atoms with Crippen LogP contribution in [0.15, 0.2) is 21.8 Å². The highest BCUT2D eigenvalue weighted by Gasteiger charge is 2.19. The summed E-state index contributed by atoms with van der Waals surface area (Å²) in [4.78, 5) is 12.9. The van der Waals surface area contributed by atoms with E-state index in [0.29, 0.717) is 0 Å². The van der Waals surface area contributed by atoms with E-state index < -0.39 is 19.0 Å². The van der Waals surface area contributed by atoms with Crippen molar-refractivity contribution in [2.24, 2.45) is 0 Å². The summed E-state index contributed by atoms with van der Waals surface area (Å²) in [5, 5.41) is 9.84. The topological polar surface area (TPSA) is 90.2 Å². The monoisotopic (exact) mass is 300 g/mol. The van der Waals surface area contributed by atoms with Crippen LogP contribution < -0.4 is 0 Å². The molecule has 0 radical (unpaired) electrons. The van der Waals surface area contributed by atoms with Crippen LogP contribution in [-0.2, 0) is 9.05 Å². The predicted molar refractivity (Wildman–Crippen MR) is 51.6 cm³/mol. The van der Waals surface area contributed by atoms with Gasteiger partial charge in [0.2, 0.25) is 0 Å². The van der Waals surface area contributed by atoms with Gasteiger partial charge in [0.25, 0.3) is 14.7 Å². The lowest BCUT2D eigenvalue weighted by atomic mass is 10.4. The third-order valence-corrected chi connectivity index (χ3v) is 3.33. The quantitative estimate of drug-likeness (QED) is 0.471. The first-order chi connectivity index (χ1) is 6.32. The van der Waals surface area contributed by atoms with E-state index in [-0.39, 0.29) is 10.2 Å². The summed E-state index contributed by atoms with van der Waals surface area (Å²) in [7, 11) is 1.02. The fraction of sp³-hybridized carbons (Fsp3) is 0. The highest BCUT2D eigenvalue weighted by molar-refractivity contribution is 9.10. The van der Waals surface area contributed by atoms with Crippen molar-refractivity contribution in [1.29, 1.82) is 0 Å². The summed E-state index contributed by atoms with van der Waals surface area (Å²) in [5.41, 5.74) is -0.319. The Morgan fingerprint density at radius 1 is 1.57 bits per heavy atom. The molecule has 0 N–H and O–H groups in total. The Morgan fingerprint density at radius 3 is 2.50 bits per heavy atom. The number of nitrogens with zero attached hydrogens (tertiary/aromatic N) is 2. The Balaban J connectivity index is 3.35. The van der Waals surface area contributed by atoms with Crippen molar-refractivity contribution in [1.82, 2.24) is 4.98 Å². The smallest absolute Gasteiger partial charge is 0.258 e. The van der Waals surface area contributed by atoms with Crippen LogP contribution in [0.4, 0.5) is 5.69 Å². The first-order valence-electron chi connectivity index (χ1n) is 3.07. The molecule has 0 saturated heterocycles. The van der Waals surface area contributed by atoms with E-state index in [9.17, 15) is 18.5 Å². The molecule has 1 aromatic rings. The Hall–Kier alpha value is -0.730. The van der Waals surface area contributed by atoms with E-state index >= 15 is 0 Å². The van der Waals surface area contributed by atoms with Gasteiger partial charge in [-0.1, -0.05) is 0 Å². The molecule has 76 valence electrons. The molecule has 14 heavy (non-hydrogen) atoms. The first kappa shape index (κ1) is 11.3. The lowest BCUT2D eigenvalue weighted by Crippen LogP contribution is -1.98. The molecular formula is C5H2BrClN2O4S. The second kappa shape index (κ2) is 3.79. The normalized spacial score (nSPS) is 11.3. The van der Waals surface area contributed by atoms with Crippen LogP contribution >= 0.6 is 26.6 Å². The molecule has 9 heteroatoms. The minimum absolute atomic E-state index is 0.0401. The van der Waals surface area contributed by atoms with Crippen molar-refractivity contribution in [3.05, 3.63) is 26.9 Å². The molecule has 0 atom stereocenters. The van der Waals surface area contributed by atoms with Gasteiger partial charge < -0.3 is 0 Å². The maximum atomic E-state index is 10.8. The molecule has 0 aliphatic rings. The van der Waals surface area contributed by atoms with Gasteiger partial charge in [-0.15, -0.1) is 0 Å². The summed E-state index contributed by atoms with van der Waals surface area (Å²) in [6.45, 7) is 0. The van der Waals surface area contributed by atoms with Crippen molar-refractivity contribution in [3.8, 4) is 0 Å². The third-order valence-electron chi connectivity index (χ3n) is 1.23. The van der Waals surface area contributed by atoms with Gasteiger partial charge >= 0.3 is 0 Å². The van der Waals surface area contributed by atoms with Crippen molar-refractivity contribution < 1.29 is 13.3 Å². The highest BCUT2D eigenvalue weighted by atomic mass is 79.9. The van der Waals surface area contributed by atoms with E-state index in [1.54, 1.807) is 0 Å². The maximum absolute atomic E-state index is 10.8. The van der Waals surface area contributed by atoms with Gasteiger partial charge in [-0.3, -0.25) is 10.1 Å². The van der Waals surface area contributed by atoms with Crippen LogP contribution in [0.2, 0.25) is 0 Å². The number of halogens is 2. The molecule has 0 unspecified atom stereocenters. The summed E-state index contributed by atoms with van der Waals surface area (Å²) >= 11 is 2.82. The van der Waals surface area contributed by atoms with Crippen molar-refractivity contribution in [3.63, 3.8) is 0 Å². The van der Waals surface area contributed by atoms with Gasteiger partial charge in [-0.25, -0.2) is 13.4 Å². The zero-order chi connectivity index (χ0) is 10.9. The number of hydrogen-bond acceptors (Lipinski definition) is 5. The number of nitro groups is 1. The van der Waals surface area contributed by atoms with Crippen LogP contribution in [-0.4, -0.2) is 18.3 Å². The number of hydrogen-bond donors (Lipinski definition) is 0. The van der Waals surface area contributed by atoms with Crippen LogP contribution in [0, 0.1) is 10.1 Å². The summed E-state index contributed by atoms with van der Waals surface area (Å²) in [6, 6.07) is 1.02. The second-order valence-corrected chi connectivity index (χ2v) is 5.51. The largest absolute Gasteiger partial charge is 0.288 e. The molecule has 0 amide bonds. The standard InChI is InChI=1S/C5H2BrClN2O4S/c6-4-1-3(9(10)11)2-8-5(4)14(7,12)13/h1-2H. The number of rotatable bonds is 2. The van der Waals surface area contributed by atoms with Gasteiger partial charge in [0.05, 0.1) is 9.40 Å².